The summed E-state index contributed by atoms with van der Waals surface area (Å²) < 4.78 is 37.6. The molecule has 3 aromatic rings. The zero-order valence-corrected chi connectivity index (χ0v) is 14.9. The summed E-state index contributed by atoms with van der Waals surface area (Å²) in [4.78, 5) is 0.164. The average Bonchev–Trinajstić information content (AvgIpc) is 3.16. The zero-order valence-electron chi connectivity index (χ0n) is 14.1. The van der Waals surface area contributed by atoms with Gasteiger partial charge in [0.25, 0.3) is 10.0 Å². The molecular formula is C18H16N4O4S. The lowest BCUT2D eigenvalue weighted by Gasteiger charge is -2.08. The van der Waals surface area contributed by atoms with Crippen molar-refractivity contribution >= 4 is 21.7 Å². The molecule has 27 heavy (non-hydrogen) atoms. The summed E-state index contributed by atoms with van der Waals surface area (Å²) in [5, 5.41) is 11.0. The topological polar surface area (TPSA) is 102 Å². The van der Waals surface area contributed by atoms with Crippen LogP contribution in [0.4, 0.5) is 11.6 Å². The Morgan fingerprint density at radius 1 is 0.889 bits per heavy atom. The lowest BCUT2D eigenvalue weighted by atomic mass is 10.2. The Morgan fingerprint density at radius 2 is 1.63 bits per heavy atom. The standard InChI is InChI=1S/C18H16N4O4S/c23-27(24,14-4-2-1-3-5-14)22-18-9-8-17(20-21-18)19-11-13-6-7-15-16(10-13)26-12-25-15/h1-10H,11-12H2,(H,19,20)(H,21,22). The van der Waals surface area contributed by atoms with E-state index in [0.717, 1.165) is 11.3 Å². The Morgan fingerprint density at radius 3 is 2.41 bits per heavy atom. The summed E-state index contributed by atoms with van der Waals surface area (Å²) >= 11 is 0. The molecule has 8 nitrogen and oxygen atoms in total. The van der Waals surface area contributed by atoms with E-state index in [1.54, 1.807) is 30.3 Å². The maximum Gasteiger partial charge on any atom is 0.263 e. The molecule has 2 N–H and O–H groups in total. The highest BCUT2D eigenvalue weighted by Crippen LogP contribution is 2.32. The van der Waals surface area contributed by atoms with Crippen LogP contribution in [0.2, 0.25) is 0 Å². The van der Waals surface area contributed by atoms with Gasteiger partial charge in [-0.2, -0.15) is 0 Å². The molecule has 0 bridgehead atoms. The molecule has 138 valence electrons. The van der Waals surface area contributed by atoms with E-state index in [1.807, 2.05) is 18.2 Å². The van der Waals surface area contributed by atoms with Crippen molar-refractivity contribution in [1.29, 1.82) is 0 Å². The molecule has 4 rings (SSSR count). The van der Waals surface area contributed by atoms with Crippen LogP contribution in [-0.4, -0.2) is 25.4 Å². The summed E-state index contributed by atoms with van der Waals surface area (Å²) in [6.07, 6.45) is 0. The van der Waals surface area contributed by atoms with Gasteiger partial charge in [-0.1, -0.05) is 24.3 Å². The number of benzene rings is 2. The van der Waals surface area contributed by atoms with Crippen LogP contribution in [0.3, 0.4) is 0 Å². The monoisotopic (exact) mass is 384 g/mol. The summed E-state index contributed by atoms with van der Waals surface area (Å²) in [7, 11) is -3.69. The van der Waals surface area contributed by atoms with Gasteiger partial charge in [0.1, 0.15) is 5.82 Å². The van der Waals surface area contributed by atoms with Crippen molar-refractivity contribution in [3.8, 4) is 11.5 Å². The predicted octanol–water partition coefficient (Wildman–Crippen LogP) is 2.62. The molecule has 1 aliphatic heterocycles. The van der Waals surface area contributed by atoms with Gasteiger partial charge >= 0.3 is 0 Å². The molecule has 0 aliphatic carbocycles. The number of anilines is 2. The minimum Gasteiger partial charge on any atom is -0.454 e. The number of ether oxygens (including phenoxy) is 2. The molecule has 0 fully saturated rings. The number of nitrogens with one attached hydrogen (secondary N) is 2. The molecular weight excluding hydrogens is 368 g/mol. The van der Waals surface area contributed by atoms with Crippen LogP contribution in [-0.2, 0) is 16.6 Å². The average molecular weight is 384 g/mol. The maximum atomic E-state index is 12.3. The molecule has 9 heteroatoms. The van der Waals surface area contributed by atoms with Gasteiger partial charge in [-0.05, 0) is 42.0 Å². The Kier molecular flexibility index (Phi) is 4.51. The second kappa shape index (κ2) is 7.12. The highest BCUT2D eigenvalue weighted by atomic mass is 32.2. The number of fused-ring (bicyclic) bond motifs is 1. The lowest BCUT2D eigenvalue weighted by molar-refractivity contribution is 0.174. The molecule has 0 radical (unpaired) electrons. The number of hydrogen-bond acceptors (Lipinski definition) is 7. The summed E-state index contributed by atoms with van der Waals surface area (Å²) in [6, 6.07) is 17.0. The molecule has 0 amide bonds. The number of sulfonamides is 1. The van der Waals surface area contributed by atoms with Gasteiger partial charge in [-0.25, -0.2) is 8.42 Å². The quantitative estimate of drug-likeness (QED) is 0.673. The maximum absolute atomic E-state index is 12.3. The fourth-order valence-corrected chi connectivity index (χ4v) is 3.54. The lowest BCUT2D eigenvalue weighted by Crippen LogP contribution is -2.14. The number of hydrogen-bond donors (Lipinski definition) is 2. The Bertz CT molecular complexity index is 1040. The van der Waals surface area contributed by atoms with E-state index >= 15 is 0 Å². The van der Waals surface area contributed by atoms with Gasteiger partial charge in [0.15, 0.2) is 17.3 Å². The number of rotatable bonds is 6. The second-order valence-electron chi connectivity index (χ2n) is 5.76. The van der Waals surface area contributed by atoms with E-state index in [-0.39, 0.29) is 17.5 Å². The van der Waals surface area contributed by atoms with E-state index in [0.29, 0.717) is 18.1 Å². The molecule has 0 atom stereocenters. The van der Waals surface area contributed by atoms with Crippen LogP contribution in [0.1, 0.15) is 5.56 Å². The molecule has 1 aliphatic rings. The SMILES string of the molecule is O=S(=O)(Nc1ccc(NCc2ccc3c(c2)OCO3)nn1)c1ccccc1. The van der Waals surface area contributed by atoms with E-state index in [9.17, 15) is 8.42 Å². The van der Waals surface area contributed by atoms with Crippen molar-refractivity contribution < 1.29 is 17.9 Å². The molecule has 0 saturated carbocycles. The first-order valence-electron chi connectivity index (χ1n) is 8.14. The van der Waals surface area contributed by atoms with Crippen molar-refractivity contribution in [2.45, 2.75) is 11.4 Å². The van der Waals surface area contributed by atoms with Gasteiger partial charge in [0.2, 0.25) is 6.79 Å². The first kappa shape index (κ1) is 17.1. The fourth-order valence-electron chi connectivity index (χ4n) is 2.52. The van der Waals surface area contributed by atoms with Crippen molar-refractivity contribution in [3.63, 3.8) is 0 Å². The number of aromatic nitrogens is 2. The Hall–Kier alpha value is -3.33. The van der Waals surface area contributed by atoms with E-state index in [4.69, 9.17) is 9.47 Å². The predicted molar refractivity (Wildman–Crippen MR) is 99.2 cm³/mol. The largest absolute Gasteiger partial charge is 0.454 e. The Balaban J connectivity index is 1.39. The minimum atomic E-state index is -3.69. The first-order chi connectivity index (χ1) is 13.1. The van der Waals surface area contributed by atoms with E-state index in [2.05, 4.69) is 20.2 Å². The van der Waals surface area contributed by atoms with Gasteiger partial charge in [0.05, 0.1) is 4.90 Å². The third-order valence-corrected chi connectivity index (χ3v) is 5.24. The molecule has 2 aromatic carbocycles. The normalized spacial score (nSPS) is 12.6. The molecule has 0 spiro atoms. The van der Waals surface area contributed by atoms with Gasteiger partial charge in [-0.15, -0.1) is 10.2 Å². The highest BCUT2D eigenvalue weighted by molar-refractivity contribution is 7.92. The van der Waals surface area contributed by atoms with Crippen molar-refractivity contribution in [2.75, 3.05) is 16.8 Å². The third-order valence-electron chi connectivity index (χ3n) is 3.87. The number of nitrogens with zero attached hydrogens (tertiary/aromatic N) is 2. The van der Waals surface area contributed by atoms with Crippen LogP contribution >= 0.6 is 0 Å². The van der Waals surface area contributed by atoms with Crippen LogP contribution in [0.25, 0.3) is 0 Å². The Labute approximate surface area is 156 Å². The van der Waals surface area contributed by atoms with Gasteiger partial charge in [-0.3, -0.25) is 4.72 Å². The molecule has 1 aromatic heterocycles. The van der Waals surface area contributed by atoms with Crippen LogP contribution < -0.4 is 19.5 Å². The molecule has 0 unspecified atom stereocenters. The van der Waals surface area contributed by atoms with Gasteiger partial charge < -0.3 is 14.8 Å². The summed E-state index contributed by atoms with van der Waals surface area (Å²) in [5.74, 6) is 2.11. The summed E-state index contributed by atoms with van der Waals surface area (Å²) in [5.41, 5.74) is 0.995. The van der Waals surface area contributed by atoms with E-state index in [1.165, 1.54) is 12.1 Å². The van der Waals surface area contributed by atoms with Crippen molar-refractivity contribution in [2.24, 2.45) is 0 Å². The molecule has 2 heterocycles. The van der Waals surface area contributed by atoms with Gasteiger partial charge in [0, 0.05) is 6.54 Å². The first-order valence-corrected chi connectivity index (χ1v) is 9.62. The zero-order chi connectivity index (χ0) is 18.7. The van der Waals surface area contributed by atoms with E-state index < -0.39 is 10.0 Å². The smallest absolute Gasteiger partial charge is 0.263 e. The van der Waals surface area contributed by atoms with Crippen LogP contribution in [0, 0.1) is 0 Å². The molecule has 0 saturated heterocycles. The summed E-state index contributed by atoms with van der Waals surface area (Å²) in [6.45, 7) is 0.748. The van der Waals surface area contributed by atoms with Crippen molar-refractivity contribution in [1.82, 2.24) is 10.2 Å². The fraction of sp³-hybridized carbons (Fsp3) is 0.111. The third kappa shape index (κ3) is 3.93. The van der Waals surface area contributed by atoms with Crippen LogP contribution in [0.5, 0.6) is 11.5 Å². The highest BCUT2D eigenvalue weighted by Gasteiger charge is 2.15. The van der Waals surface area contributed by atoms with Crippen LogP contribution in [0.15, 0.2) is 65.6 Å². The second-order valence-corrected chi connectivity index (χ2v) is 7.45. The van der Waals surface area contributed by atoms with Crippen molar-refractivity contribution in [3.05, 3.63) is 66.2 Å². The minimum absolute atomic E-state index is 0.146.